The van der Waals surface area contributed by atoms with E-state index in [-0.39, 0.29) is 16.0 Å². The molecule has 1 aromatic rings. The number of hydrogen-bond acceptors (Lipinski definition) is 2. The van der Waals surface area contributed by atoms with Crippen LogP contribution in [0.25, 0.3) is 0 Å². The van der Waals surface area contributed by atoms with E-state index in [1.54, 1.807) is 0 Å². The monoisotopic (exact) mass is 267 g/mol. The fourth-order valence-corrected chi connectivity index (χ4v) is 3.73. The Labute approximate surface area is 114 Å². The van der Waals surface area contributed by atoms with Crippen molar-refractivity contribution in [3.8, 4) is 0 Å². The average molecular weight is 267 g/mol. The van der Waals surface area contributed by atoms with Gasteiger partial charge in [-0.3, -0.25) is 4.21 Å². The zero-order valence-corrected chi connectivity index (χ0v) is 12.9. The van der Waals surface area contributed by atoms with Gasteiger partial charge in [-0.15, -0.1) is 0 Å². The molecule has 0 saturated heterocycles. The van der Waals surface area contributed by atoms with E-state index in [0.717, 1.165) is 6.54 Å². The lowest BCUT2D eigenvalue weighted by Gasteiger charge is -2.30. The molecule has 1 N–H and O–H groups in total. The summed E-state index contributed by atoms with van der Waals surface area (Å²) in [5.41, 5.74) is 1.21. The van der Waals surface area contributed by atoms with Gasteiger partial charge >= 0.3 is 0 Å². The van der Waals surface area contributed by atoms with Crippen molar-refractivity contribution in [2.75, 3.05) is 6.54 Å². The van der Waals surface area contributed by atoms with Crippen LogP contribution in [0.3, 0.4) is 0 Å². The van der Waals surface area contributed by atoms with Crippen molar-refractivity contribution < 1.29 is 4.21 Å². The normalized spacial score (nSPS) is 17.2. The summed E-state index contributed by atoms with van der Waals surface area (Å²) >= 11 is 0. The highest BCUT2D eigenvalue weighted by molar-refractivity contribution is 7.87. The lowest BCUT2D eigenvalue weighted by Crippen LogP contribution is -2.39. The number of hydrogen-bond donors (Lipinski definition) is 1. The fraction of sp³-hybridized carbons (Fsp3) is 0.600. The summed E-state index contributed by atoms with van der Waals surface area (Å²) in [7, 11) is -0.877. The van der Waals surface area contributed by atoms with Crippen molar-refractivity contribution in [1.29, 1.82) is 0 Å². The van der Waals surface area contributed by atoms with Gasteiger partial charge in [0.25, 0.3) is 0 Å². The molecule has 0 fully saturated rings. The molecular weight excluding hydrogens is 242 g/mol. The van der Waals surface area contributed by atoms with Crippen molar-refractivity contribution in [3.63, 3.8) is 0 Å². The molecule has 0 spiro atoms. The highest BCUT2D eigenvalue weighted by Gasteiger charge is 2.30. The van der Waals surface area contributed by atoms with E-state index in [1.807, 2.05) is 39.0 Å². The fourth-order valence-electron chi connectivity index (χ4n) is 2.12. The molecule has 3 unspecified atom stereocenters. The highest BCUT2D eigenvalue weighted by Crippen LogP contribution is 2.26. The second-order valence-corrected chi connectivity index (χ2v) is 8.12. The lowest BCUT2D eigenvalue weighted by molar-refractivity contribution is 0.527. The maximum Gasteiger partial charge on any atom is 0.0520 e. The summed E-state index contributed by atoms with van der Waals surface area (Å²) in [6.45, 7) is 11.1. The molecular formula is C15H25NOS. The number of benzene rings is 1. The maximum absolute atomic E-state index is 12.5. The summed E-state index contributed by atoms with van der Waals surface area (Å²) in [6.07, 6.45) is 0. The van der Waals surface area contributed by atoms with Crippen molar-refractivity contribution in [1.82, 2.24) is 5.32 Å². The predicted molar refractivity (Wildman–Crippen MR) is 80.2 cm³/mol. The zero-order valence-electron chi connectivity index (χ0n) is 12.1. The summed E-state index contributed by atoms with van der Waals surface area (Å²) in [5, 5.41) is 3.55. The molecule has 0 aromatic heterocycles. The van der Waals surface area contributed by atoms with Gasteiger partial charge < -0.3 is 5.32 Å². The van der Waals surface area contributed by atoms with Crippen LogP contribution in [0.2, 0.25) is 0 Å². The number of rotatable bonds is 5. The first-order valence-electron chi connectivity index (χ1n) is 6.57. The van der Waals surface area contributed by atoms with Gasteiger partial charge in [0, 0.05) is 21.6 Å². The molecule has 0 radical (unpaired) electrons. The topological polar surface area (TPSA) is 29.1 Å². The zero-order chi connectivity index (χ0) is 13.8. The Morgan fingerprint density at radius 3 is 2.22 bits per heavy atom. The lowest BCUT2D eigenvalue weighted by atomic mass is 10.0. The quantitative estimate of drug-likeness (QED) is 0.887. The molecule has 1 rings (SSSR count). The Morgan fingerprint density at radius 1 is 1.22 bits per heavy atom. The highest BCUT2D eigenvalue weighted by atomic mass is 32.2. The van der Waals surface area contributed by atoms with E-state index in [4.69, 9.17) is 0 Å². The molecule has 3 heteroatoms. The summed E-state index contributed by atoms with van der Waals surface area (Å²) < 4.78 is 12.3. The maximum atomic E-state index is 12.5. The minimum absolute atomic E-state index is 0.0901. The first-order valence-corrected chi connectivity index (χ1v) is 7.78. The molecule has 2 nitrogen and oxygen atoms in total. The van der Waals surface area contributed by atoms with E-state index < -0.39 is 10.8 Å². The Kier molecular flexibility index (Phi) is 5.54. The van der Waals surface area contributed by atoms with Crippen molar-refractivity contribution >= 4 is 10.8 Å². The Balaban J connectivity index is 2.96. The molecule has 0 heterocycles. The predicted octanol–water partition coefficient (Wildman–Crippen LogP) is 3.27. The largest absolute Gasteiger partial charge is 0.309 e. The van der Waals surface area contributed by atoms with Crippen LogP contribution < -0.4 is 5.32 Å². The van der Waals surface area contributed by atoms with Gasteiger partial charge in [-0.2, -0.15) is 0 Å². The van der Waals surface area contributed by atoms with Crippen LogP contribution in [0, 0.1) is 0 Å². The van der Waals surface area contributed by atoms with E-state index >= 15 is 0 Å². The van der Waals surface area contributed by atoms with Crippen LogP contribution in [0.1, 0.15) is 46.2 Å². The molecule has 0 saturated carbocycles. The van der Waals surface area contributed by atoms with E-state index in [0.29, 0.717) is 0 Å². The van der Waals surface area contributed by atoms with Crippen LogP contribution in [-0.2, 0) is 10.8 Å². The molecule has 102 valence electrons. The van der Waals surface area contributed by atoms with Crippen LogP contribution in [-0.4, -0.2) is 20.8 Å². The van der Waals surface area contributed by atoms with Crippen molar-refractivity contribution in [2.45, 2.75) is 50.7 Å². The minimum atomic E-state index is -0.877. The molecule has 0 bridgehead atoms. The Bertz CT molecular complexity index is 383. The van der Waals surface area contributed by atoms with Crippen LogP contribution in [0.15, 0.2) is 30.3 Å². The molecule has 0 aliphatic heterocycles. The molecule has 0 amide bonds. The van der Waals surface area contributed by atoms with E-state index in [2.05, 4.69) is 31.3 Å². The second-order valence-electron chi connectivity index (χ2n) is 5.56. The summed E-state index contributed by atoms with van der Waals surface area (Å²) in [4.78, 5) is 0. The van der Waals surface area contributed by atoms with Crippen molar-refractivity contribution in [2.24, 2.45) is 0 Å². The third-order valence-corrected chi connectivity index (χ3v) is 5.15. The molecule has 0 aliphatic rings. The molecule has 0 aliphatic carbocycles. The SMILES string of the molecule is CCNC(c1ccccc1)C(C)S(=O)C(C)(C)C. The Hall–Kier alpha value is -0.670. The Morgan fingerprint density at radius 2 is 1.78 bits per heavy atom. The standard InChI is InChI=1S/C15H25NOS/c1-6-16-14(13-10-8-7-9-11-13)12(2)18(17)15(3,4)5/h7-12,14,16H,6H2,1-5H3. The molecule has 3 atom stereocenters. The second kappa shape index (κ2) is 6.48. The minimum Gasteiger partial charge on any atom is -0.309 e. The van der Waals surface area contributed by atoms with Crippen LogP contribution in [0.5, 0.6) is 0 Å². The van der Waals surface area contributed by atoms with Crippen molar-refractivity contribution in [3.05, 3.63) is 35.9 Å². The number of nitrogens with one attached hydrogen (secondary N) is 1. The first-order chi connectivity index (χ1) is 8.38. The van der Waals surface area contributed by atoms with Gasteiger partial charge in [0.1, 0.15) is 0 Å². The van der Waals surface area contributed by atoms with Gasteiger partial charge in [0.15, 0.2) is 0 Å². The summed E-state index contributed by atoms with van der Waals surface area (Å²) in [5.74, 6) is 0. The van der Waals surface area contributed by atoms with Gasteiger partial charge in [0.2, 0.25) is 0 Å². The van der Waals surface area contributed by atoms with Crippen LogP contribution >= 0.6 is 0 Å². The third-order valence-electron chi connectivity index (χ3n) is 2.99. The van der Waals surface area contributed by atoms with Crippen LogP contribution in [0.4, 0.5) is 0 Å². The first kappa shape index (κ1) is 15.4. The van der Waals surface area contributed by atoms with Gasteiger partial charge in [-0.1, -0.05) is 37.3 Å². The van der Waals surface area contributed by atoms with E-state index in [1.165, 1.54) is 5.56 Å². The van der Waals surface area contributed by atoms with Gasteiger partial charge in [-0.05, 0) is 39.8 Å². The van der Waals surface area contributed by atoms with Gasteiger partial charge in [-0.25, -0.2) is 0 Å². The third kappa shape index (κ3) is 3.92. The smallest absolute Gasteiger partial charge is 0.0520 e. The summed E-state index contributed by atoms with van der Waals surface area (Å²) in [6, 6.07) is 10.4. The average Bonchev–Trinajstić information content (AvgIpc) is 2.34. The van der Waals surface area contributed by atoms with Gasteiger partial charge in [0.05, 0.1) is 5.25 Å². The molecule has 18 heavy (non-hydrogen) atoms. The molecule has 1 aromatic carbocycles. The van der Waals surface area contributed by atoms with E-state index in [9.17, 15) is 4.21 Å².